The standard InChI is InChI=1S/C13H16BrN3O/c1-8(18-2)6-17-13-10-5-9(14)3-4-12(10)16-7-11(13)15/h3-5,7-8H,6,15H2,1-2H3,(H,16,17). The van der Waals surface area contributed by atoms with Gasteiger partial charge in [-0.1, -0.05) is 15.9 Å². The highest BCUT2D eigenvalue weighted by Crippen LogP contribution is 2.29. The Hall–Kier alpha value is -1.33. The van der Waals surface area contributed by atoms with Gasteiger partial charge in [0, 0.05) is 23.5 Å². The van der Waals surface area contributed by atoms with Gasteiger partial charge in [0.25, 0.3) is 0 Å². The summed E-state index contributed by atoms with van der Waals surface area (Å²) in [6.45, 7) is 2.70. The van der Waals surface area contributed by atoms with Gasteiger partial charge in [-0.2, -0.15) is 0 Å². The Bertz CT molecular complexity index is 554. The molecule has 18 heavy (non-hydrogen) atoms. The van der Waals surface area contributed by atoms with Crippen LogP contribution < -0.4 is 11.1 Å². The molecular weight excluding hydrogens is 294 g/mol. The Morgan fingerprint density at radius 3 is 3.00 bits per heavy atom. The molecule has 1 aromatic carbocycles. The topological polar surface area (TPSA) is 60.2 Å². The molecular formula is C13H16BrN3O. The fourth-order valence-electron chi connectivity index (χ4n) is 1.71. The zero-order valence-corrected chi connectivity index (χ0v) is 12.0. The molecule has 0 bridgehead atoms. The van der Waals surface area contributed by atoms with E-state index in [0.717, 1.165) is 21.1 Å². The molecule has 1 aromatic heterocycles. The number of nitrogens with one attached hydrogen (secondary N) is 1. The minimum Gasteiger partial charge on any atom is -0.396 e. The van der Waals surface area contributed by atoms with Crippen molar-refractivity contribution < 1.29 is 4.74 Å². The summed E-state index contributed by atoms with van der Waals surface area (Å²) in [5, 5.41) is 4.33. The highest BCUT2D eigenvalue weighted by atomic mass is 79.9. The number of fused-ring (bicyclic) bond motifs is 1. The lowest BCUT2D eigenvalue weighted by atomic mass is 10.1. The molecule has 4 nitrogen and oxygen atoms in total. The second kappa shape index (κ2) is 5.54. The molecule has 1 unspecified atom stereocenters. The molecule has 0 aliphatic heterocycles. The average molecular weight is 310 g/mol. The van der Waals surface area contributed by atoms with Gasteiger partial charge in [-0.05, 0) is 25.1 Å². The zero-order chi connectivity index (χ0) is 13.1. The van der Waals surface area contributed by atoms with Gasteiger partial charge in [-0.3, -0.25) is 4.98 Å². The van der Waals surface area contributed by atoms with Gasteiger partial charge in [0.2, 0.25) is 0 Å². The van der Waals surface area contributed by atoms with Crippen molar-refractivity contribution in [3.05, 3.63) is 28.9 Å². The summed E-state index contributed by atoms with van der Waals surface area (Å²) < 4.78 is 6.22. The summed E-state index contributed by atoms with van der Waals surface area (Å²) in [6, 6.07) is 5.94. The van der Waals surface area contributed by atoms with E-state index in [-0.39, 0.29) is 6.10 Å². The number of nitrogen functional groups attached to an aromatic ring is 1. The molecule has 2 aromatic rings. The lowest BCUT2D eigenvalue weighted by Gasteiger charge is -2.15. The van der Waals surface area contributed by atoms with Crippen LogP contribution in [-0.2, 0) is 4.74 Å². The number of nitrogens with zero attached hydrogens (tertiary/aromatic N) is 1. The fraction of sp³-hybridized carbons (Fsp3) is 0.308. The second-order valence-electron chi connectivity index (χ2n) is 4.18. The van der Waals surface area contributed by atoms with Gasteiger partial charge in [-0.25, -0.2) is 0 Å². The number of anilines is 2. The van der Waals surface area contributed by atoms with Crippen LogP contribution in [-0.4, -0.2) is 24.7 Å². The molecule has 1 atom stereocenters. The average Bonchev–Trinajstić information content (AvgIpc) is 2.37. The Morgan fingerprint density at radius 1 is 1.50 bits per heavy atom. The minimum atomic E-state index is 0.125. The maximum atomic E-state index is 5.98. The minimum absolute atomic E-state index is 0.125. The maximum Gasteiger partial charge on any atom is 0.0743 e. The largest absolute Gasteiger partial charge is 0.396 e. The molecule has 0 radical (unpaired) electrons. The molecule has 0 saturated carbocycles. The fourth-order valence-corrected chi connectivity index (χ4v) is 2.07. The number of benzene rings is 1. The second-order valence-corrected chi connectivity index (χ2v) is 5.09. The number of hydrogen-bond donors (Lipinski definition) is 2. The SMILES string of the molecule is COC(C)CNc1c(N)cnc2ccc(Br)cc12. The van der Waals surface area contributed by atoms with Crippen LogP contribution in [0, 0.1) is 0 Å². The summed E-state index contributed by atoms with van der Waals surface area (Å²) in [7, 11) is 1.69. The highest BCUT2D eigenvalue weighted by molar-refractivity contribution is 9.10. The van der Waals surface area contributed by atoms with Crippen LogP contribution in [0.25, 0.3) is 10.9 Å². The third kappa shape index (κ3) is 2.73. The Balaban J connectivity index is 2.40. The first-order chi connectivity index (χ1) is 8.61. The van der Waals surface area contributed by atoms with Crippen LogP contribution in [0.2, 0.25) is 0 Å². The van der Waals surface area contributed by atoms with E-state index in [2.05, 4.69) is 26.2 Å². The number of ether oxygens (including phenoxy) is 1. The van der Waals surface area contributed by atoms with Crippen LogP contribution in [0.4, 0.5) is 11.4 Å². The maximum absolute atomic E-state index is 5.98. The lowest BCUT2D eigenvalue weighted by molar-refractivity contribution is 0.129. The van der Waals surface area contributed by atoms with Crippen molar-refractivity contribution in [1.82, 2.24) is 4.98 Å². The Labute approximate surface area is 115 Å². The number of rotatable bonds is 4. The van der Waals surface area contributed by atoms with Crippen molar-refractivity contribution in [1.29, 1.82) is 0 Å². The monoisotopic (exact) mass is 309 g/mol. The highest BCUT2D eigenvalue weighted by Gasteiger charge is 2.08. The van der Waals surface area contributed by atoms with E-state index < -0.39 is 0 Å². The van der Waals surface area contributed by atoms with Crippen LogP contribution in [0.5, 0.6) is 0 Å². The molecule has 3 N–H and O–H groups in total. The normalized spacial score (nSPS) is 12.6. The van der Waals surface area contributed by atoms with Crippen molar-refractivity contribution in [3.8, 4) is 0 Å². The molecule has 1 heterocycles. The molecule has 0 spiro atoms. The van der Waals surface area contributed by atoms with Gasteiger partial charge in [-0.15, -0.1) is 0 Å². The molecule has 0 saturated heterocycles. The first-order valence-corrected chi connectivity index (χ1v) is 6.51. The molecule has 96 valence electrons. The molecule has 0 aliphatic carbocycles. The Morgan fingerprint density at radius 2 is 2.28 bits per heavy atom. The summed E-state index contributed by atoms with van der Waals surface area (Å²) in [4.78, 5) is 4.31. The number of nitrogens with two attached hydrogens (primary N) is 1. The first-order valence-electron chi connectivity index (χ1n) is 5.72. The van der Waals surface area contributed by atoms with E-state index in [0.29, 0.717) is 12.2 Å². The van der Waals surface area contributed by atoms with E-state index in [9.17, 15) is 0 Å². The number of methoxy groups -OCH3 is 1. The van der Waals surface area contributed by atoms with E-state index in [1.807, 2.05) is 25.1 Å². The van der Waals surface area contributed by atoms with Gasteiger partial charge in [0.1, 0.15) is 0 Å². The Kier molecular flexibility index (Phi) is 4.04. The van der Waals surface area contributed by atoms with Crippen molar-refractivity contribution in [2.45, 2.75) is 13.0 Å². The summed E-state index contributed by atoms with van der Waals surface area (Å²) in [5.41, 5.74) is 8.45. The lowest BCUT2D eigenvalue weighted by Crippen LogP contribution is -2.19. The molecule has 2 rings (SSSR count). The molecule has 0 amide bonds. The number of hydrogen-bond acceptors (Lipinski definition) is 4. The van der Waals surface area contributed by atoms with Crippen molar-refractivity contribution in [2.75, 3.05) is 24.7 Å². The van der Waals surface area contributed by atoms with E-state index >= 15 is 0 Å². The van der Waals surface area contributed by atoms with Crippen LogP contribution >= 0.6 is 15.9 Å². The van der Waals surface area contributed by atoms with E-state index in [1.54, 1.807) is 13.3 Å². The summed E-state index contributed by atoms with van der Waals surface area (Å²) in [6.07, 6.45) is 1.80. The molecule has 0 fully saturated rings. The van der Waals surface area contributed by atoms with Crippen molar-refractivity contribution in [2.24, 2.45) is 0 Å². The van der Waals surface area contributed by atoms with E-state index in [1.165, 1.54) is 0 Å². The van der Waals surface area contributed by atoms with Crippen LogP contribution in [0.15, 0.2) is 28.9 Å². The van der Waals surface area contributed by atoms with Gasteiger partial charge in [0.05, 0.1) is 29.2 Å². The third-order valence-corrected chi connectivity index (χ3v) is 3.32. The smallest absolute Gasteiger partial charge is 0.0743 e. The predicted octanol–water partition coefficient (Wildman–Crippen LogP) is 3.03. The van der Waals surface area contributed by atoms with Gasteiger partial charge in [0.15, 0.2) is 0 Å². The first kappa shape index (κ1) is 13.1. The summed E-state index contributed by atoms with van der Waals surface area (Å²) in [5.74, 6) is 0. The van der Waals surface area contributed by atoms with Gasteiger partial charge < -0.3 is 15.8 Å². The quantitative estimate of drug-likeness (QED) is 0.911. The number of pyridine rings is 1. The van der Waals surface area contributed by atoms with Crippen molar-refractivity contribution >= 4 is 38.2 Å². The number of halogens is 1. The van der Waals surface area contributed by atoms with Crippen molar-refractivity contribution in [3.63, 3.8) is 0 Å². The van der Waals surface area contributed by atoms with E-state index in [4.69, 9.17) is 10.5 Å². The zero-order valence-electron chi connectivity index (χ0n) is 10.4. The van der Waals surface area contributed by atoms with Gasteiger partial charge >= 0.3 is 0 Å². The summed E-state index contributed by atoms with van der Waals surface area (Å²) >= 11 is 3.46. The van der Waals surface area contributed by atoms with Crippen LogP contribution in [0.1, 0.15) is 6.92 Å². The third-order valence-electron chi connectivity index (χ3n) is 2.83. The number of aromatic nitrogens is 1. The molecule has 5 heteroatoms. The molecule has 0 aliphatic rings. The predicted molar refractivity (Wildman–Crippen MR) is 78.8 cm³/mol. The van der Waals surface area contributed by atoms with Crippen LogP contribution in [0.3, 0.4) is 0 Å².